The Balaban J connectivity index is 0.00000363. The van der Waals surface area contributed by atoms with Crippen LogP contribution in [0.2, 0.25) is 0 Å². The van der Waals surface area contributed by atoms with E-state index in [4.69, 9.17) is 4.74 Å². The molecule has 0 saturated carbocycles. The van der Waals surface area contributed by atoms with Crippen molar-refractivity contribution in [3.05, 3.63) is 83.9 Å². The lowest BCUT2D eigenvalue weighted by atomic mass is 10.1. The van der Waals surface area contributed by atoms with Gasteiger partial charge in [0.2, 0.25) is 0 Å². The largest absolute Gasteiger partial charge is 0.484 e. The summed E-state index contributed by atoms with van der Waals surface area (Å²) in [5.41, 5.74) is 3.20. The lowest BCUT2D eigenvalue weighted by Gasteiger charge is -2.13. The van der Waals surface area contributed by atoms with Crippen LogP contribution in [0.3, 0.4) is 0 Å². The van der Waals surface area contributed by atoms with Gasteiger partial charge in [-0.25, -0.2) is 4.98 Å². The quantitative estimate of drug-likeness (QED) is 0.245. The van der Waals surface area contributed by atoms with Gasteiger partial charge in [-0.2, -0.15) is 13.2 Å². The molecule has 0 fully saturated rings. The first kappa shape index (κ1) is 25.5. The number of hydrogen-bond acceptors (Lipinski definition) is 3. The molecular formula is C22H25F3IN5O. The third-order valence-corrected chi connectivity index (χ3v) is 4.42. The highest BCUT2D eigenvalue weighted by Gasteiger charge is 2.28. The van der Waals surface area contributed by atoms with E-state index in [2.05, 4.69) is 44.9 Å². The fourth-order valence-corrected chi connectivity index (χ4v) is 2.81. The van der Waals surface area contributed by atoms with Crippen molar-refractivity contribution in [3.8, 4) is 5.75 Å². The number of alkyl halides is 3. The molecule has 1 aromatic heterocycles. The van der Waals surface area contributed by atoms with Gasteiger partial charge in [0.1, 0.15) is 5.75 Å². The van der Waals surface area contributed by atoms with Crippen molar-refractivity contribution >= 4 is 29.9 Å². The minimum atomic E-state index is -4.35. The van der Waals surface area contributed by atoms with Crippen LogP contribution in [0.15, 0.2) is 72.2 Å². The van der Waals surface area contributed by atoms with Gasteiger partial charge in [-0.15, -0.1) is 24.0 Å². The average Bonchev–Trinajstić information content (AvgIpc) is 3.27. The molecule has 2 N–H and O–H groups in total. The molecule has 0 aliphatic carbocycles. The van der Waals surface area contributed by atoms with Gasteiger partial charge in [0.25, 0.3) is 0 Å². The van der Waals surface area contributed by atoms with Crippen LogP contribution in [0, 0.1) is 0 Å². The maximum atomic E-state index is 12.2. The molecule has 0 aliphatic heterocycles. The van der Waals surface area contributed by atoms with Crippen LogP contribution >= 0.6 is 24.0 Å². The first-order valence-electron chi connectivity index (χ1n) is 9.68. The Labute approximate surface area is 201 Å². The molecule has 10 heteroatoms. The molecule has 2 aromatic carbocycles. The fraction of sp³-hybridized carbons (Fsp3) is 0.273. The molecule has 3 rings (SSSR count). The van der Waals surface area contributed by atoms with Crippen LogP contribution in [0.25, 0.3) is 0 Å². The van der Waals surface area contributed by atoms with Crippen LogP contribution < -0.4 is 15.4 Å². The van der Waals surface area contributed by atoms with Gasteiger partial charge < -0.3 is 19.9 Å². The zero-order valence-corrected chi connectivity index (χ0v) is 19.8. The Hall–Kier alpha value is -2.76. The van der Waals surface area contributed by atoms with Crippen LogP contribution in [0.1, 0.15) is 16.7 Å². The Bertz CT molecular complexity index is 959. The number of benzene rings is 2. The van der Waals surface area contributed by atoms with E-state index in [0.29, 0.717) is 19.0 Å². The molecule has 3 aromatic rings. The zero-order valence-electron chi connectivity index (χ0n) is 17.5. The number of aliphatic imine (C=N–C) groups is 1. The van der Waals surface area contributed by atoms with Gasteiger partial charge in [-0.3, -0.25) is 4.99 Å². The molecule has 0 aliphatic rings. The van der Waals surface area contributed by atoms with E-state index in [-0.39, 0.29) is 29.7 Å². The summed E-state index contributed by atoms with van der Waals surface area (Å²) in [5.74, 6) is 0.806. The van der Waals surface area contributed by atoms with Crippen molar-refractivity contribution in [2.45, 2.75) is 25.8 Å². The van der Waals surface area contributed by atoms with Crippen LogP contribution in [-0.2, 0) is 19.6 Å². The second kappa shape index (κ2) is 12.3. The Morgan fingerprint density at radius 2 is 1.53 bits per heavy atom. The van der Waals surface area contributed by atoms with Crippen molar-refractivity contribution in [3.63, 3.8) is 0 Å². The van der Waals surface area contributed by atoms with E-state index >= 15 is 0 Å². The Kier molecular flexibility index (Phi) is 9.82. The van der Waals surface area contributed by atoms with E-state index in [0.717, 1.165) is 17.7 Å². The van der Waals surface area contributed by atoms with Gasteiger partial charge in [-0.1, -0.05) is 36.4 Å². The Morgan fingerprint density at radius 3 is 2.03 bits per heavy atom. The molecule has 0 unspecified atom stereocenters. The predicted octanol–water partition coefficient (Wildman–Crippen LogP) is 4.36. The number of ether oxygens (including phenoxy) is 1. The van der Waals surface area contributed by atoms with E-state index < -0.39 is 12.8 Å². The Morgan fingerprint density at radius 1 is 0.969 bits per heavy atom. The summed E-state index contributed by atoms with van der Waals surface area (Å²) in [6.45, 7) is 0.557. The third-order valence-electron chi connectivity index (χ3n) is 4.42. The topological polar surface area (TPSA) is 63.5 Å². The van der Waals surface area contributed by atoms with E-state index in [1.807, 2.05) is 10.8 Å². The molecule has 0 saturated heterocycles. The van der Waals surface area contributed by atoms with E-state index in [1.54, 1.807) is 31.7 Å². The van der Waals surface area contributed by atoms with Gasteiger partial charge in [0, 0.05) is 39.1 Å². The van der Waals surface area contributed by atoms with Gasteiger partial charge in [-0.05, 0) is 28.8 Å². The smallest absolute Gasteiger partial charge is 0.422 e. The lowest BCUT2D eigenvalue weighted by Crippen LogP contribution is -2.36. The molecule has 32 heavy (non-hydrogen) atoms. The van der Waals surface area contributed by atoms with Crippen molar-refractivity contribution in [1.29, 1.82) is 0 Å². The summed E-state index contributed by atoms with van der Waals surface area (Å²) < 4.78 is 43.3. The number of imidazole rings is 1. The molecule has 172 valence electrons. The molecular weight excluding hydrogens is 534 g/mol. The first-order chi connectivity index (χ1) is 14.9. The summed E-state index contributed by atoms with van der Waals surface area (Å²) in [4.78, 5) is 8.23. The highest BCUT2D eigenvalue weighted by Crippen LogP contribution is 2.18. The summed E-state index contributed by atoms with van der Waals surface area (Å²) in [6, 6.07) is 14.7. The number of nitrogens with zero attached hydrogens (tertiary/aromatic N) is 3. The fourth-order valence-electron chi connectivity index (χ4n) is 2.81. The van der Waals surface area contributed by atoms with E-state index in [1.165, 1.54) is 17.7 Å². The molecule has 6 nitrogen and oxygen atoms in total. The standard InChI is InChI=1S/C22H24F3N5O.HI/c1-26-21(29-13-18-6-8-20(9-7-18)31-15-22(23,24)25)28-12-17-2-4-19(5-3-17)14-30-11-10-27-16-30;/h2-11,16H,12-15H2,1H3,(H2,26,28,29);1H. The normalized spacial score (nSPS) is 11.6. The van der Waals surface area contributed by atoms with Crippen molar-refractivity contribution in [1.82, 2.24) is 20.2 Å². The summed E-state index contributed by atoms with van der Waals surface area (Å²) in [6.07, 6.45) is 1.12. The summed E-state index contributed by atoms with van der Waals surface area (Å²) in [7, 11) is 1.68. The highest BCUT2D eigenvalue weighted by atomic mass is 127. The van der Waals surface area contributed by atoms with Gasteiger partial charge >= 0.3 is 6.18 Å². The molecule has 0 bridgehead atoms. The average molecular weight is 559 g/mol. The second-order valence-corrected chi connectivity index (χ2v) is 6.88. The number of aromatic nitrogens is 2. The van der Waals surface area contributed by atoms with Crippen molar-refractivity contribution in [2.24, 2.45) is 4.99 Å². The van der Waals surface area contributed by atoms with Gasteiger partial charge in [0.05, 0.1) is 6.33 Å². The number of halogens is 4. The highest BCUT2D eigenvalue weighted by molar-refractivity contribution is 14.0. The third kappa shape index (κ3) is 8.77. The lowest BCUT2D eigenvalue weighted by molar-refractivity contribution is -0.153. The maximum absolute atomic E-state index is 12.2. The number of hydrogen-bond donors (Lipinski definition) is 2. The minimum Gasteiger partial charge on any atom is -0.484 e. The summed E-state index contributed by atoms with van der Waals surface area (Å²) >= 11 is 0. The molecule has 0 radical (unpaired) electrons. The maximum Gasteiger partial charge on any atom is 0.422 e. The number of nitrogens with one attached hydrogen (secondary N) is 2. The van der Waals surface area contributed by atoms with Gasteiger partial charge in [0.15, 0.2) is 12.6 Å². The SMILES string of the molecule is CN=C(NCc1ccc(Cn2ccnc2)cc1)NCc1ccc(OCC(F)(F)F)cc1.I. The van der Waals surface area contributed by atoms with Crippen LogP contribution in [-0.4, -0.2) is 35.3 Å². The van der Waals surface area contributed by atoms with Crippen LogP contribution in [0.4, 0.5) is 13.2 Å². The minimum absolute atomic E-state index is 0. The predicted molar refractivity (Wildman–Crippen MR) is 128 cm³/mol. The van der Waals surface area contributed by atoms with Crippen molar-refractivity contribution < 1.29 is 17.9 Å². The van der Waals surface area contributed by atoms with E-state index in [9.17, 15) is 13.2 Å². The zero-order chi connectivity index (χ0) is 22.1. The molecule has 0 spiro atoms. The first-order valence-corrected chi connectivity index (χ1v) is 9.68. The molecule has 1 heterocycles. The summed E-state index contributed by atoms with van der Waals surface area (Å²) in [5, 5.41) is 6.42. The second-order valence-electron chi connectivity index (χ2n) is 6.88. The van der Waals surface area contributed by atoms with Crippen LogP contribution in [0.5, 0.6) is 5.75 Å². The molecule has 0 amide bonds. The monoisotopic (exact) mass is 559 g/mol. The number of rotatable bonds is 8. The molecule has 0 atom stereocenters. The van der Waals surface area contributed by atoms with Crippen molar-refractivity contribution in [2.75, 3.05) is 13.7 Å². The number of guanidine groups is 1.